The molecule has 0 bridgehead atoms. The predicted octanol–water partition coefficient (Wildman–Crippen LogP) is 2.92. The van der Waals surface area contributed by atoms with E-state index in [1.807, 2.05) is 24.3 Å². The van der Waals surface area contributed by atoms with Gasteiger partial charge in [0, 0.05) is 10.7 Å². The van der Waals surface area contributed by atoms with Crippen molar-refractivity contribution in [2.45, 2.75) is 12.5 Å². The van der Waals surface area contributed by atoms with Crippen LogP contribution in [0.25, 0.3) is 0 Å². The van der Waals surface area contributed by atoms with Gasteiger partial charge in [-0.15, -0.1) is 0 Å². The molecule has 3 rings (SSSR count). The summed E-state index contributed by atoms with van der Waals surface area (Å²) in [5.41, 5.74) is 3.25. The van der Waals surface area contributed by atoms with Crippen molar-refractivity contribution in [3.8, 4) is 0 Å². The first-order valence-electron chi connectivity index (χ1n) is 6.00. The fraction of sp³-hybridized carbons (Fsp3) is 0.133. The van der Waals surface area contributed by atoms with Gasteiger partial charge in [-0.25, -0.2) is 0 Å². The number of fused-ring (bicyclic) bond motifs is 1. The van der Waals surface area contributed by atoms with E-state index >= 15 is 0 Å². The smallest absolute Gasteiger partial charge is 0.228 e. The summed E-state index contributed by atoms with van der Waals surface area (Å²) in [7, 11) is 0. The maximum absolute atomic E-state index is 11.3. The molecule has 0 fully saturated rings. The predicted molar refractivity (Wildman–Crippen MR) is 74.3 cm³/mol. The molecule has 1 unspecified atom stereocenters. The third-order valence-electron chi connectivity index (χ3n) is 3.23. The molecule has 2 N–H and O–H groups in total. The van der Waals surface area contributed by atoms with E-state index in [1.165, 1.54) is 0 Å². The lowest BCUT2D eigenvalue weighted by Gasteiger charge is -2.13. The summed E-state index contributed by atoms with van der Waals surface area (Å²) in [5, 5.41) is 13.7. The molecule has 0 saturated heterocycles. The third kappa shape index (κ3) is 2.35. The Balaban J connectivity index is 1.95. The van der Waals surface area contributed by atoms with Gasteiger partial charge in [-0.1, -0.05) is 35.9 Å². The zero-order valence-electron chi connectivity index (χ0n) is 10.1. The van der Waals surface area contributed by atoms with Gasteiger partial charge >= 0.3 is 0 Å². The average Bonchev–Trinajstić information content (AvgIpc) is 2.76. The molecular formula is C15H12ClNO2. The van der Waals surface area contributed by atoms with Gasteiger partial charge in [-0.05, 0) is 34.9 Å². The van der Waals surface area contributed by atoms with E-state index in [0.717, 1.165) is 22.4 Å². The highest BCUT2D eigenvalue weighted by molar-refractivity contribution is 6.30. The van der Waals surface area contributed by atoms with E-state index in [2.05, 4.69) is 5.32 Å². The number of halogens is 1. The van der Waals surface area contributed by atoms with Crippen molar-refractivity contribution in [2.75, 3.05) is 5.32 Å². The maximum Gasteiger partial charge on any atom is 0.228 e. The van der Waals surface area contributed by atoms with Crippen LogP contribution in [-0.2, 0) is 11.2 Å². The van der Waals surface area contributed by atoms with Crippen molar-refractivity contribution in [1.82, 2.24) is 0 Å². The zero-order valence-corrected chi connectivity index (χ0v) is 10.8. The molecule has 0 aliphatic carbocycles. The number of carbonyl (C=O) groups excluding carboxylic acids is 1. The van der Waals surface area contributed by atoms with Crippen LogP contribution in [0, 0.1) is 0 Å². The SMILES string of the molecule is O=C1Cc2cc(C(O)c3cccc(Cl)c3)ccc2N1. The van der Waals surface area contributed by atoms with Crippen LogP contribution in [0.2, 0.25) is 5.02 Å². The van der Waals surface area contributed by atoms with Gasteiger partial charge in [0.2, 0.25) is 5.91 Å². The first-order valence-corrected chi connectivity index (χ1v) is 6.37. The van der Waals surface area contributed by atoms with Crippen molar-refractivity contribution >= 4 is 23.2 Å². The number of hydrogen-bond donors (Lipinski definition) is 2. The molecule has 0 radical (unpaired) electrons. The van der Waals surface area contributed by atoms with Gasteiger partial charge in [0.25, 0.3) is 0 Å². The molecule has 1 atom stereocenters. The van der Waals surface area contributed by atoms with Crippen molar-refractivity contribution in [2.24, 2.45) is 0 Å². The summed E-state index contributed by atoms with van der Waals surface area (Å²) in [6, 6.07) is 12.6. The molecule has 0 spiro atoms. The van der Waals surface area contributed by atoms with Crippen molar-refractivity contribution in [3.05, 3.63) is 64.2 Å². The molecule has 1 amide bonds. The molecule has 1 aliphatic rings. The zero-order chi connectivity index (χ0) is 13.4. The lowest BCUT2D eigenvalue weighted by molar-refractivity contribution is -0.115. The fourth-order valence-corrected chi connectivity index (χ4v) is 2.49. The minimum atomic E-state index is -0.736. The van der Waals surface area contributed by atoms with Gasteiger partial charge in [0.15, 0.2) is 0 Å². The molecule has 96 valence electrons. The van der Waals surface area contributed by atoms with Crippen molar-refractivity contribution in [1.29, 1.82) is 0 Å². The quantitative estimate of drug-likeness (QED) is 0.884. The second kappa shape index (κ2) is 4.68. The summed E-state index contributed by atoms with van der Waals surface area (Å²) in [6.07, 6.45) is -0.370. The van der Waals surface area contributed by atoms with Crippen LogP contribution >= 0.6 is 11.6 Å². The number of benzene rings is 2. The van der Waals surface area contributed by atoms with Gasteiger partial charge < -0.3 is 10.4 Å². The Labute approximate surface area is 115 Å². The Bertz CT molecular complexity index is 654. The number of hydrogen-bond acceptors (Lipinski definition) is 2. The third-order valence-corrected chi connectivity index (χ3v) is 3.47. The number of anilines is 1. The Morgan fingerprint density at radius 2 is 1.95 bits per heavy atom. The maximum atomic E-state index is 11.3. The number of rotatable bonds is 2. The summed E-state index contributed by atoms with van der Waals surface area (Å²) in [6.45, 7) is 0. The van der Waals surface area contributed by atoms with E-state index in [9.17, 15) is 9.90 Å². The molecule has 1 heterocycles. The van der Waals surface area contributed by atoms with Gasteiger partial charge in [0.05, 0.1) is 6.42 Å². The highest BCUT2D eigenvalue weighted by atomic mass is 35.5. The van der Waals surface area contributed by atoms with E-state index < -0.39 is 6.10 Å². The van der Waals surface area contributed by atoms with Gasteiger partial charge in [-0.2, -0.15) is 0 Å². The number of nitrogens with one attached hydrogen (secondary N) is 1. The van der Waals surface area contributed by atoms with Gasteiger partial charge in [-0.3, -0.25) is 4.79 Å². The summed E-state index contributed by atoms with van der Waals surface area (Å²) in [4.78, 5) is 11.3. The fourth-order valence-electron chi connectivity index (χ4n) is 2.29. The summed E-state index contributed by atoms with van der Waals surface area (Å²) < 4.78 is 0. The van der Waals surface area contributed by atoms with E-state index in [4.69, 9.17) is 11.6 Å². The molecule has 4 heteroatoms. The Kier molecular flexibility index (Phi) is 3.01. The van der Waals surface area contributed by atoms with Crippen LogP contribution in [0.3, 0.4) is 0 Å². The normalized spacial score (nSPS) is 14.9. The number of carbonyl (C=O) groups is 1. The topological polar surface area (TPSA) is 49.3 Å². The molecule has 19 heavy (non-hydrogen) atoms. The minimum absolute atomic E-state index is 0.00982. The van der Waals surface area contributed by atoms with Crippen LogP contribution < -0.4 is 5.32 Å². The van der Waals surface area contributed by atoms with Crippen molar-refractivity contribution in [3.63, 3.8) is 0 Å². The minimum Gasteiger partial charge on any atom is -0.384 e. The van der Waals surface area contributed by atoms with Crippen LogP contribution in [0.1, 0.15) is 22.8 Å². The second-order valence-corrected chi connectivity index (χ2v) is 5.04. The Morgan fingerprint density at radius 3 is 2.74 bits per heavy atom. The average molecular weight is 274 g/mol. The molecule has 2 aromatic rings. The first kappa shape index (κ1) is 12.2. The number of aliphatic hydroxyl groups excluding tert-OH is 1. The lowest BCUT2D eigenvalue weighted by atomic mass is 9.99. The monoisotopic (exact) mass is 273 g/mol. The molecule has 0 saturated carbocycles. The van der Waals surface area contributed by atoms with Crippen LogP contribution in [-0.4, -0.2) is 11.0 Å². The van der Waals surface area contributed by atoms with E-state index in [1.54, 1.807) is 18.2 Å². The Morgan fingerprint density at radius 1 is 1.16 bits per heavy atom. The summed E-state index contributed by atoms with van der Waals surface area (Å²) in [5.74, 6) is -0.00982. The molecule has 2 aromatic carbocycles. The number of aliphatic hydroxyl groups is 1. The molecule has 3 nitrogen and oxygen atoms in total. The van der Waals surface area contributed by atoms with Crippen LogP contribution in [0.4, 0.5) is 5.69 Å². The molecule has 1 aliphatic heterocycles. The van der Waals surface area contributed by atoms with Crippen LogP contribution in [0.5, 0.6) is 0 Å². The van der Waals surface area contributed by atoms with E-state index in [-0.39, 0.29) is 5.91 Å². The number of amides is 1. The van der Waals surface area contributed by atoms with Crippen LogP contribution in [0.15, 0.2) is 42.5 Å². The lowest BCUT2D eigenvalue weighted by Crippen LogP contribution is -2.03. The first-order chi connectivity index (χ1) is 9.13. The Hall–Kier alpha value is -1.84. The molecule has 0 aromatic heterocycles. The highest BCUT2D eigenvalue weighted by Crippen LogP contribution is 2.29. The van der Waals surface area contributed by atoms with E-state index in [0.29, 0.717) is 11.4 Å². The largest absolute Gasteiger partial charge is 0.384 e. The summed E-state index contributed by atoms with van der Waals surface area (Å²) >= 11 is 5.92. The van der Waals surface area contributed by atoms with Crippen molar-refractivity contribution < 1.29 is 9.90 Å². The standard InChI is InChI=1S/C15H12ClNO2/c16-12-3-1-2-9(7-12)15(19)10-4-5-13-11(6-10)8-14(18)17-13/h1-7,15,19H,8H2,(H,17,18). The second-order valence-electron chi connectivity index (χ2n) is 4.60. The van der Waals surface area contributed by atoms with Gasteiger partial charge in [0.1, 0.15) is 6.10 Å². The highest BCUT2D eigenvalue weighted by Gasteiger charge is 2.19. The molecular weight excluding hydrogens is 262 g/mol.